The van der Waals surface area contributed by atoms with Crippen LogP contribution in [0.3, 0.4) is 0 Å². The number of hydrogen-bond acceptors (Lipinski definition) is 3. The summed E-state index contributed by atoms with van der Waals surface area (Å²) in [6.45, 7) is 1.75. The van der Waals surface area contributed by atoms with Gasteiger partial charge in [-0.2, -0.15) is 0 Å². The third kappa shape index (κ3) is 2.54. The Morgan fingerprint density at radius 3 is 2.47 bits per heavy atom. The highest BCUT2D eigenvalue weighted by molar-refractivity contribution is 5.85. The Morgan fingerprint density at radius 1 is 1.26 bits per heavy atom. The lowest BCUT2D eigenvalue weighted by atomic mass is 10.1. The van der Waals surface area contributed by atoms with E-state index in [1.807, 2.05) is 0 Å². The van der Waals surface area contributed by atoms with Gasteiger partial charge in [0.15, 0.2) is 0 Å². The van der Waals surface area contributed by atoms with Crippen LogP contribution in [0.15, 0.2) is 33.9 Å². The van der Waals surface area contributed by atoms with Gasteiger partial charge in [0.2, 0.25) is 0 Å². The SMILES string of the molecule is Cc1ccc(/C=C/C(=O)O)cc1-n1c(=O)[nH][nH]c1=O. The van der Waals surface area contributed by atoms with E-state index in [4.69, 9.17) is 5.11 Å². The standard InChI is InChI=1S/C12H11N3O4/c1-7-2-3-8(4-5-10(16)17)6-9(7)15-11(18)13-14-12(15)19/h2-6H,1H3,(H,13,18)(H,14,19)(H,16,17)/b5-4+. The van der Waals surface area contributed by atoms with Gasteiger partial charge in [-0.3, -0.25) is 0 Å². The number of H-pyrrole nitrogens is 2. The van der Waals surface area contributed by atoms with E-state index in [0.717, 1.165) is 16.2 Å². The average Bonchev–Trinajstić information content (AvgIpc) is 2.68. The molecule has 7 heteroatoms. The van der Waals surface area contributed by atoms with Gasteiger partial charge in [-0.15, -0.1) is 0 Å². The van der Waals surface area contributed by atoms with Gasteiger partial charge >= 0.3 is 17.3 Å². The fourth-order valence-electron chi connectivity index (χ4n) is 1.67. The Bertz CT molecular complexity index is 736. The Balaban J connectivity index is 2.58. The molecule has 2 rings (SSSR count). The van der Waals surface area contributed by atoms with E-state index < -0.39 is 17.3 Å². The molecule has 0 fully saturated rings. The molecule has 0 aliphatic carbocycles. The van der Waals surface area contributed by atoms with Crippen LogP contribution in [-0.2, 0) is 4.79 Å². The summed E-state index contributed by atoms with van der Waals surface area (Å²) in [5.74, 6) is -1.07. The second-order valence-corrected chi connectivity index (χ2v) is 3.91. The number of carboxylic acids is 1. The van der Waals surface area contributed by atoms with Crippen LogP contribution >= 0.6 is 0 Å². The third-order valence-corrected chi connectivity index (χ3v) is 2.58. The molecule has 98 valence electrons. The van der Waals surface area contributed by atoms with Gasteiger partial charge in [0.05, 0.1) is 5.69 Å². The summed E-state index contributed by atoms with van der Waals surface area (Å²) < 4.78 is 0.952. The van der Waals surface area contributed by atoms with Crippen molar-refractivity contribution < 1.29 is 9.90 Å². The maximum absolute atomic E-state index is 11.5. The van der Waals surface area contributed by atoms with Crippen LogP contribution in [0.5, 0.6) is 0 Å². The van der Waals surface area contributed by atoms with Crippen molar-refractivity contribution in [3.63, 3.8) is 0 Å². The summed E-state index contributed by atoms with van der Waals surface area (Å²) in [6.07, 6.45) is 2.37. The minimum absolute atomic E-state index is 0.403. The number of aryl methyl sites for hydroxylation is 1. The Hall–Kier alpha value is -2.83. The van der Waals surface area contributed by atoms with Crippen LogP contribution in [0.1, 0.15) is 11.1 Å². The number of aliphatic carboxylic acids is 1. The number of aromatic nitrogens is 3. The first-order chi connectivity index (χ1) is 8.99. The van der Waals surface area contributed by atoms with Gasteiger partial charge in [-0.25, -0.2) is 29.1 Å². The van der Waals surface area contributed by atoms with E-state index in [1.54, 1.807) is 25.1 Å². The molecule has 0 aliphatic heterocycles. The number of hydrogen-bond donors (Lipinski definition) is 3. The molecule has 0 radical (unpaired) electrons. The summed E-state index contributed by atoms with van der Waals surface area (Å²) in [6, 6.07) is 4.97. The number of benzene rings is 1. The van der Waals surface area contributed by atoms with Crippen molar-refractivity contribution in [3.05, 3.63) is 56.4 Å². The molecular formula is C12H11N3O4. The van der Waals surface area contributed by atoms with Crippen molar-refractivity contribution in [1.82, 2.24) is 14.8 Å². The highest BCUT2D eigenvalue weighted by Gasteiger charge is 2.08. The van der Waals surface area contributed by atoms with Crippen molar-refractivity contribution in [2.24, 2.45) is 0 Å². The van der Waals surface area contributed by atoms with Gasteiger partial charge in [-0.1, -0.05) is 12.1 Å². The van der Waals surface area contributed by atoms with Crippen LogP contribution in [0.4, 0.5) is 0 Å². The Kier molecular flexibility index (Phi) is 3.19. The zero-order chi connectivity index (χ0) is 14.0. The zero-order valence-corrected chi connectivity index (χ0v) is 10.0. The fraction of sp³-hybridized carbons (Fsp3) is 0.0833. The largest absolute Gasteiger partial charge is 0.478 e. The van der Waals surface area contributed by atoms with Crippen molar-refractivity contribution in [2.75, 3.05) is 0 Å². The molecule has 1 aromatic heterocycles. The predicted molar refractivity (Wildman–Crippen MR) is 68.4 cm³/mol. The summed E-state index contributed by atoms with van der Waals surface area (Å²) >= 11 is 0. The first kappa shape index (κ1) is 12.6. The monoisotopic (exact) mass is 261 g/mol. The fourth-order valence-corrected chi connectivity index (χ4v) is 1.67. The molecule has 1 heterocycles. The number of rotatable bonds is 3. The van der Waals surface area contributed by atoms with Gasteiger partial charge in [0.1, 0.15) is 0 Å². The van der Waals surface area contributed by atoms with E-state index in [2.05, 4.69) is 10.2 Å². The quantitative estimate of drug-likeness (QED) is 0.688. The summed E-state index contributed by atoms with van der Waals surface area (Å²) in [4.78, 5) is 33.5. The van der Waals surface area contributed by atoms with Gasteiger partial charge < -0.3 is 5.11 Å². The number of carbonyl (C=O) groups is 1. The molecule has 0 aliphatic rings. The second-order valence-electron chi connectivity index (χ2n) is 3.91. The number of nitrogens with zero attached hydrogens (tertiary/aromatic N) is 1. The van der Waals surface area contributed by atoms with Gasteiger partial charge in [0.25, 0.3) is 0 Å². The lowest BCUT2D eigenvalue weighted by Crippen LogP contribution is -2.25. The molecule has 7 nitrogen and oxygen atoms in total. The van der Waals surface area contributed by atoms with E-state index in [-0.39, 0.29) is 0 Å². The lowest BCUT2D eigenvalue weighted by Gasteiger charge is -2.05. The summed E-state index contributed by atoms with van der Waals surface area (Å²) in [7, 11) is 0. The molecule has 3 N–H and O–H groups in total. The van der Waals surface area contributed by atoms with E-state index in [9.17, 15) is 14.4 Å². The van der Waals surface area contributed by atoms with E-state index in [0.29, 0.717) is 11.3 Å². The summed E-state index contributed by atoms with van der Waals surface area (Å²) in [5, 5.41) is 12.9. The molecule has 2 aromatic rings. The number of nitrogens with one attached hydrogen (secondary N) is 2. The minimum atomic E-state index is -1.07. The molecule has 0 spiro atoms. The number of carboxylic acid groups (broad SMARTS) is 1. The van der Waals surface area contributed by atoms with Crippen molar-refractivity contribution in [1.29, 1.82) is 0 Å². The first-order valence-electron chi connectivity index (χ1n) is 5.41. The number of aromatic amines is 2. The third-order valence-electron chi connectivity index (χ3n) is 2.58. The second kappa shape index (κ2) is 4.81. The van der Waals surface area contributed by atoms with Crippen LogP contribution < -0.4 is 11.4 Å². The van der Waals surface area contributed by atoms with Crippen LogP contribution in [-0.4, -0.2) is 25.8 Å². The average molecular weight is 261 g/mol. The highest BCUT2D eigenvalue weighted by atomic mass is 16.4. The normalized spacial score (nSPS) is 11.0. The molecule has 0 bridgehead atoms. The Morgan fingerprint density at radius 2 is 1.89 bits per heavy atom. The lowest BCUT2D eigenvalue weighted by molar-refractivity contribution is -0.131. The minimum Gasteiger partial charge on any atom is -0.478 e. The maximum Gasteiger partial charge on any atom is 0.348 e. The van der Waals surface area contributed by atoms with E-state index in [1.165, 1.54) is 6.08 Å². The molecular weight excluding hydrogens is 250 g/mol. The smallest absolute Gasteiger partial charge is 0.348 e. The molecule has 0 saturated heterocycles. The highest BCUT2D eigenvalue weighted by Crippen LogP contribution is 2.14. The van der Waals surface area contributed by atoms with Crippen molar-refractivity contribution in [2.45, 2.75) is 6.92 Å². The summed E-state index contributed by atoms with van der Waals surface area (Å²) in [5.41, 5.74) is 0.551. The Labute approximate surface area is 106 Å². The van der Waals surface area contributed by atoms with E-state index >= 15 is 0 Å². The molecule has 0 atom stereocenters. The molecule has 19 heavy (non-hydrogen) atoms. The van der Waals surface area contributed by atoms with Crippen molar-refractivity contribution in [3.8, 4) is 5.69 Å². The zero-order valence-electron chi connectivity index (χ0n) is 10.0. The van der Waals surface area contributed by atoms with Crippen LogP contribution in [0.25, 0.3) is 11.8 Å². The first-order valence-corrected chi connectivity index (χ1v) is 5.41. The topological polar surface area (TPSA) is 108 Å². The van der Waals surface area contributed by atoms with Crippen LogP contribution in [0.2, 0.25) is 0 Å². The van der Waals surface area contributed by atoms with Crippen molar-refractivity contribution >= 4 is 12.0 Å². The van der Waals surface area contributed by atoms with Crippen LogP contribution in [0, 0.1) is 6.92 Å². The van der Waals surface area contributed by atoms with Gasteiger partial charge in [-0.05, 0) is 30.2 Å². The molecule has 1 aromatic carbocycles. The predicted octanol–water partition coefficient (Wildman–Crippen LogP) is 0.260. The molecule has 0 saturated carbocycles. The van der Waals surface area contributed by atoms with Gasteiger partial charge in [0, 0.05) is 6.08 Å². The molecule has 0 unspecified atom stereocenters. The molecule has 0 amide bonds. The maximum atomic E-state index is 11.5.